The Morgan fingerprint density at radius 2 is 1.62 bits per heavy atom. The molecule has 168 valence electrons. The van der Waals surface area contributed by atoms with Crippen molar-refractivity contribution in [1.82, 2.24) is 4.90 Å². The van der Waals surface area contributed by atoms with Crippen LogP contribution in [0.5, 0.6) is 5.75 Å². The van der Waals surface area contributed by atoms with Gasteiger partial charge >= 0.3 is 6.18 Å². The fraction of sp³-hybridized carbons (Fsp3) is 0.333. The first kappa shape index (κ1) is 21.9. The Bertz CT molecular complexity index is 1060. The number of carbonyl (C=O) groups excluding carboxylic acids is 2. The topological polar surface area (TPSA) is 49.9 Å². The number of halogens is 3. The van der Waals surface area contributed by atoms with Crippen LogP contribution >= 0.6 is 0 Å². The number of nitrogens with zero attached hydrogens (tertiary/aromatic N) is 2. The summed E-state index contributed by atoms with van der Waals surface area (Å²) in [6.07, 6.45) is -2.58. The van der Waals surface area contributed by atoms with Crippen molar-refractivity contribution in [3.63, 3.8) is 0 Å². The van der Waals surface area contributed by atoms with Gasteiger partial charge in [-0.2, -0.15) is 13.2 Å². The van der Waals surface area contributed by atoms with Crippen molar-refractivity contribution in [3.05, 3.63) is 65.4 Å². The lowest BCUT2D eigenvalue weighted by molar-refractivity contribution is -0.137. The van der Waals surface area contributed by atoms with Gasteiger partial charge in [-0.1, -0.05) is 19.1 Å². The molecule has 5 nitrogen and oxygen atoms in total. The number of anilines is 1. The van der Waals surface area contributed by atoms with E-state index in [2.05, 4.69) is 6.92 Å². The second-order valence-electron chi connectivity index (χ2n) is 8.14. The molecule has 0 bridgehead atoms. The zero-order valence-corrected chi connectivity index (χ0v) is 17.8. The van der Waals surface area contributed by atoms with E-state index in [4.69, 9.17) is 4.74 Å². The molecule has 0 aliphatic carbocycles. The second-order valence-corrected chi connectivity index (χ2v) is 8.14. The molecular weight excluding hydrogens is 421 g/mol. The van der Waals surface area contributed by atoms with E-state index >= 15 is 0 Å². The summed E-state index contributed by atoms with van der Waals surface area (Å²) in [5.74, 6) is -0.0990. The third-order valence-electron chi connectivity index (χ3n) is 5.86. The number of hydrogen-bond donors (Lipinski definition) is 0. The molecule has 1 fully saturated rings. The van der Waals surface area contributed by atoms with Crippen LogP contribution < -0.4 is 9.64 Å². The largest absolute Gasteiger partial charge is 0.497 e. The summed E-state index contributed by atoms with van der Waals surface area (Å²) in [4.78, 5) is 29.8. The predicted octanol–water partition coefficient (Wildman–Crippen LogP) is 4.73. The molecule has 2 aromatic rings. The minimum atomic E-state index is -4.50. The molecule has 1 atom stereocenters. The summed E-state index contributed by atoms with van der Waals surface area (Å²) in [6, 6.07) is 10.9. The average Bonchev–Trinajstić information content (AvgIpc) is 3.03. The van der Waals surface area contributed by atoms with Crippen LogP contribution in [0.25, 0.3) is 5.57 Å². The van der Waals surface area contributed by atoms with E-state index in [0.717, 1.165) is 42.0 Å². The normalized spacial score (nSPS) is 19.7. The van der Waals surface area contributed by atoms with Gasteiger partial charge in [0.15, 0.2) is 0 Å². The van der Waals surface area contributed by atoms with Gasteiger partial charge in [-0.05, 0) is 60.7 Å². The van der Waals surface area contributed by atoms with Crippen LogP contribution in [0.3, 0.4) is 0 Å². The second kappa shape index (κ2) is 8.33. The highest BCUT2D eigenvalue weighted by Crippen LogP contribution is 2.38. The molecule has 0 aromatic heterocycles. The number of likely N-dealkylation sites (tertiary alicyclic amines) is 1. The van der Waals surface area contributed by atoms with E-state index in [-0.39, 0.29) is 11.3 Å². The number of methoxy groups -OCH3 is 1. The number of alkyl halides is 3. The number of benzene rings is 2. The highest BCUT2D eigenvalue weighted by molar-refractivity contribution is 6.45. The summed E-state index contributed by atoms with van der Waals surface area (Å²) in [6.45, 7) is 3.36. The summed E-state index contributed by atoms with van der Waals surface area (Å²) >= 11 is 0. The quantitative estimate of drug-likeness (QED) is 0.640. The number of imide groups is 1. The molecule has 2 aromatic carbocycles. The van der Waals surface area contributed by atoms with Crippen molar-refractivity contribution in [2.75, 3.05) is 25.1 Å². The van der Waals surface area contributed by atoms with Crippen molar-refractivity contribution in [2.24, 2.45) is 5.92 Å². The lowest BCUT2D eigenvalue weighted by Crippen LogP contribution is -2.39. The van der Waals surface area contributed by atoms with E-state index in [0.29, 0.717) is 36.0 Å². The highest BCUT2D eigenvalue weighted by Gasteiger charge is 2.43. The molecule has 1 saturated heterocycles. The van der Waals surface area contributed by atoms with E-state index in [1.165, 1.54) is 7.11 Å². The van der Waals surface area contributed by atoms with E-state index in [9.17, 15) is 22.8 Å². The molecule has 1 unspecified atom stereocenters. The highest BCUT2D eigenvalue weighted by atomic mass is 19.4. The summed E-state index contributed by atoms with van der Waals surface area (Å²) in [7, 11) is 1.53. The Hall–Kier alpha value is -3.29. The smallest absolute Gasteiger partial charge is 0.416 e. The molecule has 2 heterocycles. The maximum Gasteiger partial charge on any atom is 0.416 e. The average molecular weight is 444 g/mol. The first-order valence-corrected chi connectivity index (χ1v) is 10.4. The summed E-state index contributed by atoms with van der Waals surface area (Å²) in [5, 5.41) is 0. The fourth-order valence-corrected chi connectivity index (χ4v) is 4.26. The zero-order valence-electron chi connectivity index (χ0n) is 17.8. The van der Waals surface area contributed by atoms with Crippen LogP contribution in [0, 0.1) is 5.92 Å². The van der Waals surface area contributed by atoms with Gasteiger partial charge in [0.25, 0.3) is 11.8 Å². The molecule has 0 spiro atoms. The lowest BCUT2D eigenvalue weighted by Gasteiger charge is -2.33. The molecule has 0 radical (unpaired) electrons. The SMILES string of the molecule is COc1ccc(C2=C(N3CCCC(C)C3)C(=O)N(c3ccc(C(F)(F)F)cc3)C2=O)cc1. The minimum absolute atomic E-state index is 0.110. The van der Waals surface area contributed by atoms with Gasteiger partial charge < -0.3 is 9.64 Å². The molecule has 2 amide bonds. The van der Waals surface area contributed by atoms with Crippen molar-refractivity contribution in [1.29, 1.82) is 0 Å². The van der Waals surface area contributed by atoms with Gasteiger partial charge in [0.2, 0.25) is 0 Å². The van der Waals surface area contributed by atoms with E-state index in [1.807, 2.05) is 4.90 Å². The number of hydrogen-bond acceptors (Lipinski definition) is 4. The van der Waals surface area contributed by atoms with Crippen molar-refractivity contribution in [3.8, 4) is 5.75 Å². The zero-order chi connectivity index (χ0) is 23.0. The fourth-order valence-electron chi connectivity index (χ4n) is 4.26. The molecule has 2 aliphatic heterocycles. The van der Waals surface area contributed by atoms with E-state index in [1.54, 1.807) is 24.3 Å². The number of ether oxygens (including phenoxy) is 1. The van der Waals surface area contributed by atoms with Gasteiger partial charge in [-0.15, -0.1) is 0 Å². The third-order valence-corrected chi connectivity index (χ3v) is 5.86. The van der Waals surface area contributed by atoms with Crippen molar-refractivity contribution >= 4 is 23.1 Å². The first-order valence-electron chi connectivity index (χ1n) is 10.4. The predicted molar refractivity (Wildman–Crippen MR) is 114 cm³/mol. The Morgan fingerprint density at radius 3 is 2.19 bits per heavy atom. The first-order chi connectivity index (χ1) is 15.2. The van der Waals surface area contributed by atoms with Crippen molar-refractivity contribution in [2.45, 2.75) is 25.9 Å². The Morgan fingerprint density at radius 1 is 0.969 bits per heavy atom. The molecule has 4 rings (SSSR count). The Kier molecular flexibility index (Phi) is 5.71. The van der Waals surface area contributed by atoms with Gasteiger partial charge in [-0.25, -0.2) is 4.90 Å². The number of rotatable bonds is 4. The third kappa shape index (κ3) is 3.97. The van der Waals surface area contributed by atoms with Gasteiger partial charge in [0.1, 0.15) is 11.4 Å². The van der Waals surface area contributed by atoms with E-state index < -0.39 is 23.6 Å². The molecule has 32 heavy (non-hydrogen) atoms. The maximum atomic E-state index is 13.5. The van der Waals surface area contributed by atoms with Gasteiger partial charge in [-0.3, -0.25) is 9.59 Å². The van der Waals surface area contributed by atoms with Crippen molar-refractivity contribution < 1.29 is 27.5 Å². The van der Waals surface area contributed by atoms with Crippen LogP contribution in [-0.4, -0.2) is 36.9 Å². The van der Waals surface area contributed by atoms with Gasteiger partial charge in [0, 0.05) is 13.1 Å². The Balaban J connectivity index is 1.77. The molecule has 0 N–H and O–H groups in total. The Labute approximate surface area is 184 Å². The molecule has 2 aliphatic rings. The maximum absolute atomic E-state index is 13.5. The van der Waals surface area contributed by atoms with Crippen LogP contribution in [0.4, 0.5) is 18.9 Å². The monoisotopic (exact) mass is 444 g/mol. The molecular formula is C24H23F3N2O3. The van der Waals surface area contributed by atoms with Crippen LogP contribution in [0.1, 0.15) is 30.9 Å². The number of carbonyl (C=O) groups is 2. The van der Waals surface area contributed by atoms with Crippen LogP contribution in [0.2, 0.25) is 0 Å². The number of piperidine rings is 1. The van der Waals surface area contributed by atoms with Crippen LogP contribution in [-0.2, 0) is 15.8 Å². The lowest BCUT2D eigenvalue weighted by atomic mass is 9.98. The number of amides is 2. The minimum Gasteiger partial charge on any atom is -0.497 e. The summed E-state index contributed by atoms with van der Waals surface area (Å²) < 4.78 is 44.1. The van der Waals surface area contributed by atoms with Gasteiger partial charge in [0.05, 0.1) is 23.9 Å². The molecule has 0 saturated carbocycles. The standard InChI is InChI=1S/C24H23F3N2O3/c1-15-4-3-13-28(14-15)21-20(16-5-11-19(32-2)12-6-16)22(30)29(23(21)31)18-9-7-17(8-10-18)24(25,26)27/h5-12,15H,3-4,13-14H2,1-2H3. The molecule has 8 heteroatoms. The summed E-state index contributed by atoms with van der Waals surface area (Å²) in [5.41, 5.74) is 0.387. The van der Waals surface area contributed by atoms with Crippen LogP contribution in [0.15, 0.2) is 54.2 Å².